The third-order valence-corrected chi connectivity index (χ3v) is 4.54. The summed E-state index contributed by atoms with van der Waals surface area (Å²) in [7, 11) is 0. The van der Waals surface area contributed by atoms with Gasteiger partial charge >= 0.3 is 5.97 Å². The summed E-state index contributed by atoms with van der Waals surface area (Å²) in [6, 6.07) is 0. The molecule has 0 aliphatic heterocycles. The van der Waals surface area contributed by atoms with Crippen LogP contribution in [0.5, 0.6) is 0 Å². The molecule has 3 heteroatoms. The van der Waals surface area contributed by atoms with Gasteiger partial charge in [0, 0.05) is 0 Å². The van der Waals surface area contributed by atoms with Crippen molar-refractivity contribution in [3.8, 4) is 0 Å². The number of hydrogen-bond donors (Lipinski definition) is 1. The van der Waals surface area contributed by atoms with Gasteiger partial charge in [0.15, 0.2) is 0 Å². The van der Waals surface area contributed by atoms with E-state index >= 15 is 0 Å². The van der Waals surface area contributed by atoms with Crippen LogP contribution in [0.4, 0.5) is 0 Å². The molecule has 0 saturated heterocycles. The zero-order valence-corrected chi connectivity index (χ0v) is 10.9. The molecule has 4 atom stereocenters. The Bertz CT molecular complexity index is 347. The second kappa shape index (κ2) is 4.45. The van der Waals surface area contributed by atoms with Gasteiger partial charge in [-0.25, -0.2) is 0 Å². The molecule has 0 heterocycles. The number of rotatable bonds is 3. The molecular weight excluding hydrogens is 216 g/mol. The van der Waals surface area contributed by atoms with E-state index in [1.165, 1.54) is 0 Å². The standard InChI is InChI=1S/C14H22O3/c1-4-17-13(16)11-8-14(11,3)10-6-5-9(2)12(15)7-10/h5,10-12,15H,4,6-8H2,1-3H3. The van der Waals surface area contributed by atoms with Crippen LogP contribution in [0, 0.1) is 17.3 Å². The second-order valence-corrected chi connectivity index (χ2v) is 5.65. The largest absolute Gasteiger partial charge is 0.466 e. The van der Waals surface area contributed by atoms with Crippen LogP contribution in [0.25, 0.3) is 0 Å². The fraction of sp³-hybridized carbons (Fsp3) is 0.786. The van der Waals surface area contributed by atoms with Crippen LogP contribution in [0.3, 0.4) is 0 Å². The Morgan fingerprint density at radius 1 is 1.65 bits per heavy atom. The van der Waals surface area contributed by atoms with E-state index in [0.29, 0.717) is 12.5 Å². The Labute approximate surface area is 103 Å². The molecule has 1 N–H and O–H groups in total. The summed E-state index contributed by atoms with van der Waals surface area (Å²) in [6.45, 7) is 6.42. The van der Waals surface area contributed by atoms with Crippen molar-refractivity contribution in [1.82, 2.24) is 0 Å². The van der Waals surface area contributed by atoms with Gasteiger partial charge in [-0.1, -0.05) is 13.0 Å². The van der Waals surface area contributed by atoms with Crippen molar-refractivity contribution in [2.24, 2.45) is 17.3 Å². The molecule has 2 rings (SSSR count). The van der Waals surface area contributed by atoms with Crippen LogP contribution < -0.4 is 0 Å². The number of esters is 1. The monoisotopic (exact) mass is 238 g/mol. The van der Waals surface area contributed by atoms with E-state index in [1.807, 2.05) is 13.8 Å². The van der Waals surface area contributed by atoms with Crippen molar-refractivity contribution in [3.63, 3.8) is 0 Å². The van der Waals surface area contributed by atoms with Crippen molar-refractivity contribution in [3.05, 3.63) is 11.6 Å². The lowest BCUT2D eigenvalue weighted by molar-refractivity contribution is -0.146. The summed E-state index contributed by atoms with van der Waals surface area (Å²) in [5.41, 5.74) is 1.11. The summed E-state index contributed by atoms with van der Waals surface area (Å²) in [6.07, 6.45) is 4.47. The lowest BCUT2D eigenvalue weighted by Gasteiger charge is -2.30. The van der Waals surface area contributed by atoms with Crippen LogP contribution in [0.2, 0.25) is 0 Å². The molecule has 96 valence electrons. The summed E-state index contributed by atoms with van der Waals surface area (Å²) < 4.78 is 5.08. The van der Waals surface area contributed by atoms with Crippen molar-refractivity contribution < 1.29 is 14.6 Å². The first-order valence-corrected chi connectivity index (χ1v) is 6.50. The Morgan fingerprint density at radius 2 is 2.35 bits per heavy atom. The maximum absolute atomic E-state index is 11.7. The predicted octanol–water partition coefficient (Wildman–Crippen LogP) is 2.29. The molecular formula is C14H22O3. The van der Waals surface area contributed by atoms with Gasteiger partial charge in [0.25, 0.3) is 0 Å². The Balaban J connectivity index is 1.99. The van der Waals surface area contributed by atoms with Gasteiger partial charge in [-0.3, -0.25) is 4.79 Å². The highest BCUT2D eigenvalue weighted by atomic mass is 16.5. The van der Waals surface area contributed by atoms with Gasteiger partial charge in [-0.05, 0) is 50.0 Å². The van der Waals surface area contributed by atoms with Crippen molar-refractivity contribution >= 4 is 5.97 Å². The number of allylic oxidation sites excluding steroid dienone is 1. The van der Waals surface area contributed by atoms with Gasteiger partial charge in [-0.15, -0.1) is 0 Å². The molecule has 1 fully saturated rings. The lowest BCUT2D eigenvalue weighted by Crippen LogP contribution is -2.27. The minimum absolute atomic E-state index is 0.0461. The first-order chi connectivity index (χ1) is 7.99. The van der Waals surface area contributed by atoms with Gasteiger partial charge in [0.1, 0.15) is 0 Å². The maximum atomic E-state index is 11.7. The van der Waals surface area contributed by atoms with Crippen molar-refractivity contribution in [2.45, 2.75) is 46.1 Å². The lowest BCUT2D eigenvalue weighted by atomic mass is 9.77. The summed E-state index contributed by atoms with van der Waals surface area (Å²) >= 11 is 0. The van der Waals surface area contributed by atoms with Gasteiger partial charge in [0.05, 0.1) is 18.6 Å². The van der Waals surface area contributed by atoms with E-state index < -0.39 is 0 Å². The molecule has 3 nitrogen and oxygen atoms in total. The van der Waals surface area contributed by atoms with Crippen LogP contribution in [-0.4, -0.2) is 23.8 Å². The predicted molar refractivity (Wildman–Crippen MR) is 65.3 cm³/mol. The minimum Gasteiger partial charge on any atom is -0.466 e. The molecule has 0 aromatic carbocycles. The number of hydrogen-bond acceptors (Lipinski definition) is 3. The second-order valence-electron chi connectivity index (χ2n) is 5.65. The molecule has 0 amide bonds. The van der Waals surface area contributed by atoms with Gasteiger partial charge < -0.3 is 9.84 Å². The number of aliphatic hydroxyl groups is 1. The Hall–Kier alpha value is -0.830. The highest BCUT2D eigenvalue weighted by Gasteiger charge is 2.59. The first-order valence-electron chi connectivity index (χ1n) is 6.50. The topological polar surface area (TPSA) is 46.5 Å². The van der Waals surface area contributed by atoms with Crippen molar-refractivity contribution in [1.29, 1.82) is 0 Å². The zero-order valence-electron chi connectivity index (χ0n) is 10.9. The molecule has 4 unspecified atom stereocenters. The van der Waals surface area contributed by atoms with Gasteiger partial charge in [0.2, 0.25) is 0 Å². The number of ether oxygens (including phenoxy) is 1. The van der Waals surface area contributed by atoms with E-state index in [9.17, 15) is 9.90 Å². The molecule has 2 aliphatic carbocycles. The summed E-state index contributed by atoms with van der Waals surface area (Å²) in [4.78, 5) is 11.7. The normalized spacial score (nSPS) is 40.7. The number of aliphatic hydroxyl groups excluding tert-OH is 1. The van der Waals surface area contributed by atoms with E-state index in [2.05, 4.69) is 13.0 Å². The first kappa shape index (κ1) is 12.6. The molecule has 2 aliphatic rings. The fourth-order valence-corrected chi connectivity index (χ4v) is 2.98. The number of carbonyl (C=O) groups excluding carboxylic acids is 1. The van der Waals surface area contributed by atoms with Crippen LogP contribution in [0.15, 0.2) is 11.6 Å². The van der Waals surface area contributed by atoms with Crippen LogP contribution >= 0.6 is 0 Å². The highest BCUT2D eigenvalue weighted by molar-refractivity contribution is 5.77. The average Bonchev–Trinajstić information content (AvgIpc) is 2.97. The fourth-order valence-electron chi connectivity index (χ4n) is 2.98. The van der Waals surface area contributed by atoms with Crippen molar-refractivity contribution in [2.75, 3.05) is 6.61 Å². The van der Waals surface area contributed by atoms with Crippen LogP contribution in [-0.2, 0) is 9.53 Å². The SMILES string of the molecule is CCOC(=O)C1CC1(C)C1CC=C(C)C(O)C1. The molecule has 1 saturated carbocycles. The molecule has 0 aromatic rings. The van der Waals surface area contributed by atoms with E-state index in [1.54, 1.807) is 0 Å². The van der Waals surface area contributed by atoms with E-state index in [4.69, 9.17) is 4.74 Å². The minimum atomic E-state index is -0.325. The molecule has 17 heavy (non-hydrogen) atoms. The molecule has 0 bridgehead atoms. The highest BCUT2D eigenvalue weighted by Crippen LogP contribution is 2.61. The smallest absolute Gasteiger partial charge is 0.309 e. The molecule has 0 radical (unpaired) electrons. The average molecular weight is 238 g/mol. The summed E-state index contributed by atoms with van der Waals surface area (Å²) in [5.74, 6) is 0.401. The van der Waals surface area contributed by atoms with E-state index in [0.717, 1.165) is 24.8 Å². The summed E-state index contributed by atoms with van der Waals surface area (Å²) in [5, 5.41) is 9.88. The third-order valence-electron chi connectivity index (χ3n) is 4.54. The Kier molecular flexibility index (Phi) is 3.30. The maximum Gasteiger partial charge on any atom is 0.309 e. The van der Waals surface area contributed by atoms with Gasteiger partial charge in [-0.2, -0.15) is 0 Å². The number of carbonyl (C=O) groups is 1. The molecule has 0 aromatic heterocycles. The third kappa shape index (κ3) is 2.25. The Morgan fingerprint density at radius 3 is 2.94 bits per heavy atom. The van der Waals surface area contributed by atoms with Crippen LogP contribution in [0.1, 0.15) is 40.0 Å². The zero-order chi connectivity index (χ0) is 12.6. The quantitative estimate of drug-likeness (QED) is 0.606. The molecule has 0 spiro atoms. The van der Waals surface area contributed by atoms with E-state index in [-0.39, 0.29) is 23.4 Å².